The van der Waals surface area contributed by atoms with E-state index in [2.05, 4.69) is 15.3 Å². The summed E-state index contributed by atoms with van der Waals surface area (Å²) in [6.07, 6.45) is 1.52. The number of carbonyl (C=O) groups is 1. The molecule has 0 saturated heterocycles. The SMILES string of the molecule is Cc1ncc(C(=O)NCc2ccc(Cl)cc2Cl)c(C)n1. The highest BCUT2D eigenvalue weighted by molar-refractivity contribution is 6.35. The molecule has 0 fully saturated rings. The summed E-state index contributed by atoms with van der Waals surface area (Å²) in [5.74, 6) is 0.410. The molecule has 4 nitrogen and oxygen atoms in total. The number of amides is 1. The molecule has 0 aliphatic rings. The number of halogens is 2. The van der Waals surface area contributed by atoms with E-state index in [9.17, 15) is 4.79 Å². The number of hydrogen-bond acceptors (Lipinski definition) is 3. The van der Waals surface area contributed by atoms with E-state index in [-0.39, 0.29) is 5.91 Å². The molecule has 2 rings (SSSR count). The molecule has 104 valence electrons. The van der Waals surface area contributed by atoms with Crippen LogP contribution in [0.25, 0.3) is 0 Å². The summed E-state index contributed by atoms with van der Waals surface area (Å²) in [5, 5.41) is 3.88. The quantitative estimate of drug-likeness (QED) is 0.946. The number of nitrogens with zero attached hydrogens (tertiary/aromatic N) is 2. The Morgan fingerprint density at radius 2 is 2.05 bits per heavy atom. The molecule has 0 radical (unpaired) electrons. The van der Waals surface area contributed by atoms with Crippen molar-refractivity contribution in [1.29, 1.82) is 0 Å². The minimum absolute atomic E-state index is 0.228. The number of nitrogens with one attached hydrogen (secondary N) is 1. The lowest BCUT2D eigenvalue weighted by Gasteiger charge is -2.08. The summed E-state index contributed by atoms with van der Waals surface area (Å²) in [4.78, 5) is 20.3. The molecule has 1 amide bonds. The van der Waals surface area contributed by atoms with Gasteiger partial charge in [-0.3, -0.25) is 4.79 Å². The van der Waals surface area contributed by atoms with Gasteiger partial charge in [0.1, 0.15) is 5.82 Å². The third-order valence-corrected chi connectivity index (χ3v) is 3.39. The second-order valence-electron chi connectivity index (χ2n) is 4.33. The largest absolute Gasteiger partial charge is 0.348 e. The van der Waals surface area contributed by atoms with Crippen LogP contribution in [0.2, 0.25) is 10.0 Å². The highest BCUT2D eigenvalue weighted by Gasteiger charge is 2.11. The summed E-state index contributed by atoms with van der Waals surface area (Å²) in [5.41, 5.74) is 1.91. The average Bonchev–Trinajstić information content (AvgIpc) is 2.37. The minimum atomic E-state index is -0.228. The van der Waals surface area contributed by atoms with Gasteiger partial charge < -0.3 is 5.32 Å². The topological polar surface area (TPSA) is 54.9 Å². The van der Waals surface area contributed by atoms with Gasteiger partial charge in [-0.25, -0.2) is 9.97 Å². The molecule has 0 saturated carbocycles. The number of aryl methyl sites for hydroxylation is 2. The highest BCUT2D eigenvalue weighted by atomic mass is 35.5. The van der Waals surface area contributed by atoms with Gasteiger partial charge in [-0.15, -0.1) is 0 Å². The first-order valence-corrected chi connectivity index (χ1v) is 6.75. The van der Waals surface area contributed by atoms with Gasteiger partial charge in [-0.1, -0.05) is 29.3 Å². The molecular formula is C14H13Cl2N3O. The maximum atomic E-state index is 12.1. The fourth-order valence-electron chi connectivity index (χ4n) is 1.74. The number of rotatable bonds is 3. The van der Waals surface area contributed by atoms with E-state index in [0.29, 0.717) is 33.7 Å². The first kappa shape index (κ1) is 14.8. The van der Waals surface area contributed by atoms with Crippen molar-refractivity contribution < 1.29 is 4.79 Å². The van der Waals surface area contributed by atoms with E-state index in [4.69, 9.17) is 23.2 Å². The van der Waals surface area contributed by atoms with Gasteiger partial charge in [0.15, 0.2) is 0 Å². The lowest BCUT2D eigenvalue weighted by molar-refractivity contribution is 0.0949. The predicted octanol–water partition coefficient (Wildman–Crippen LogP) is 3.33. The molecule has 2 aromatic rings. The standard InChI is InChI=1S/C14H13Cl2N3O/c1-8-12(7-17-9(2)19-8)14(20)18-6-10-3-4-11(15)5-13(10)16/h3-5,7H,6H2,1-2H3,(H,18,20). The van der Waals surface area contributed by atoms with Gasteiger partial charge in [0.05, 0.1) is 11.3 Å². The number of benzene rings is 1. The maximum absolute atomic E-state index is 12.1. The third kappa shape index (κ3) is 3.46. The first-order valence-electron chi connectivity index (χ1n) is 5.99. The van der Waals surface area contributed by atoms with Crippen LogP contribution in [0.15, 0.2) is 24.4 Å². The molecule has 0 aliphatic carbocycles. The first-order chi connectivity index (χ1) is 9.47. The third-order valence-electron chi connectivity index (χ3n) is 2.80. The summed E-state index contributed by atoms with van der Waals surface area (Å²) >= 11 is 11.9. The van der Waals surface area contributed by atoms with Gasteiger partial charge in [0.25, 0.3) is 5.91 Å². The van der Waals surface area contributed by atoms with Crippen molar-refractivity contribution >= 4 is 29.1 Å². The number of aromatic nitrogens is 2. The van der Waals surface area contributed by atoms with E-state index in [1.54, 1.807) is 32.0 Å². The summed E-state index contributed by atoms with van der Waals surface area (Å²) < 4.78 is 0. The van der Waals surface area contributed by atoms with Crippen molar-refractivity contribution in [1.82, 2.24) is 15.3 Å². The Bertz CT molecular complexity index is 659. The van der Waals surface area contributed by atoms with Crippen molar-refractivity contribution in [2.24, 2.45) is 0 Å². The average molecular weight is 310 g/mol. The van der Waals surface area contributed by atoms with Crippen LogP contribution in [-0.4, -0.2) is 15.9 Å². The maximum Gasteiger partial charge on any atom is 0.254 e. The molecule has 0 spiro atoms. The second kappa shape index (κ2) is 6.20. The molecule has 1 heterocycles. The molecule has 6 heteroatoms. The zero-order valence-electron chi connectivity index (χ0n) is 11.1. The molecule has 0 atom stereocenters. The molecule has 0 unspecified atom stereocenters. The van der Waals surface area contributed by atoms with Crippen molar-refractivity contribution in [2.75, 3.05) is 0 Å². The summed E-state index contributed by atoms with van der Waals surface area (Å²) in [7, 11) is 0. The minimum Gasteiger partial charge on any atom is -0.348 e. The fraction of sp³-hybridized carbons (Fsp3) is 0.214. The van der Waals surface area contributed by atoms with Crippen LogP contribution in [0.5, 0.6) is 0 Å². The molecule has 0 aliphatic heterocycles. The van der Waals surface area contributed by atoms with Gasteiger partial charge in [-0.05, 0) is 31.5 Å². The second-order valence-corrected chi connectivity index (χ2v) is 5.18. The van der Waals surface area contributed by atoms with Crippen LogP contribution in [0.3, 0.4) is 0 Å². The molecule has 0 bridgehead atoms. The molecule has 1 aromatic carbocycles. The van der Waals surface area contributed by atoms with Crippen LogP contribution in [0, 0.1) is 13.8 Å². The van der Waals surface area contributed by atoms with Crippen molar-refractivity contribution in [3.8, 4) is 0 Å². The Morgan fingerprint density at radius 3 is 2.70 bits per heavy atom. The molecule has 20 heavy (non-hydrogen) atoms. The van der Waals surface area contributed by atoms with Crippen LogP contribution < -0.4 is 5.32 Å². The van der Waals surface area contributed by atoms with Crippen molar-refractivity contribution in [3.05, 3.63) is 57.1 Å². The lowest BCUT2D eigenvalue weighted by atomic mass is 10.2. The lowest BCUT2D eigenvalue weighted by Crippen LogP contribution is -2.24. The molecule has 1 aromatic heterocycles. The van der Waals surface area contributed by atoms with Crippen LogP contribution in [0.1, 0.15) is 27.4 Å². The van der Waals surface area contributed by atoms with Crippen LogP contribution in [0.4, 0.5) is 0 Å². The van der Waals surface area contributed by atoms with E-state index in [0.717, 1.165) is 5.56 Å². The Morgan fingerprint density at radius 1 is 1.30 bits per heavy atom. The number of carbonyl (C=O) groups excluding carboxylic acids is 1. The summed E-state index contributed by atoms with van der Waals surface area (Å²) in [6, 6.07) is 5.16. The van der Waals surface area contributed by atoms with E-state index in [1.807, 2.05) is 0 Å². The Kier molecular flexibility index (Phi) is 4.57. The van der Waals surface area contributed by atoms with Gasteiger partial charge in [0.2, 0.25) is 0 Å². The Balaban J connectivity index is 2.08. The Hall–Kier alpha value is -1.65. The smallest absolute Gasteiger partial charge is 0.254 e. The zero-order chi connectivity index (χ0) is 14.7. The highest BCUT2D eigenvalue weighted by Crippen LogP contribution is 2.20. The Labute approximate surface area is 127 Å². The normalized spacial score (nSPS) is 10.4. The van der Waals surface area contributed by atoms with Crippen LogP contribution in [-0.2, 0) is 6.54 Å². The molecular weight excluding hydrogens is 297 g/mol. The van der Waals surface area contributed by atoms with Crippen molar-refractivity contribution in [2.45, 2.75) is 20.4 Å². The zero-order valence-corrected chi connectivity index (χ0v) is 12.6. The molecule has 1 N–H and O–H groups in total. The van der Waals surface area contributed by atoms with Crippen LogP contribution >= 0.6 is 23.2 Å². The van der Waals surface area contributed by atoms with E-state index in [1.165, 1.54) is 6.20 Å². The predicted molar refractivity (Wildman–Crippen MR) is 79.1 cm³/mol. The van der Waals surface area contributed by atoms with E-state index < -0.39 is 0 Å². The van der Waals surface area contributed by atoms with Gasteiger partial charge in [-0.2, -0.15) is 0 Å². The summed E-state index contributed by atoms with van der Waals surface area (Å²) in [6.45, 7) is 3.88. The van der Waals surface area contributed by atoms with Gasteiger partial charge in [0, 0.05) is 22.8 Å². The van der Waals surface area contributed by atoms with E-state index >= 15 is 0 Å². The number of hydrogen-bond donors (Lipinski definition) is 1. The van der Waals surface area contributed by atoms with Gasteiger partial charge >= 0.3 is 0 Å². The van der Waals surface area contributed by atoms with Crippen molar-refractivity contribution in [3.63, 3.8) is 0 Å². The monoisotopic (exact) mass is 309 g/mol. The fourth-order valence-corrected chi connectivity index (χ4v) is 2.22.